The summed E-state index contributed by atoms with van der Waals surface area (Å²) in [7, 11) is 1.68. The first-order valence-corrected chi connectivity index (χ1v) is 10.6. The van der Waals surface area contributed by atoms with Crippen molar-refractivity contribution in [3.63, 3.8) is 0 Å². The van der Waals surface area contributed by atoms with Crippen molar-refractivity contribution in [2.24, 2.45) is 5.92 Å². The molecule has 1 saturated carbocycles. The molecule has 1 aliphatic carbocycles. The van der Waals surface area contributed by atoms with Crippen molar-refractivity contribution in [3.8, 4) is 5.75 Å². The molecule has 0 atom stereocenters. The van der Waals surface area contributed by atoms with Crippen molar-refractivity contribution in [2.75, 3.05) is 38.2 Å². The Morgan fingerprint density at radius 3 is 2.38 bits per heavy atom. The van der Waals surface area contributed by atoms with Crippen LogP contribution in [0.4, 0.5) is 5.82 Å². The van der Waals surface area contributed by atoms with E-state index in [1.165, 1.54) is 11.1 Å². The molecule has 2 fully saturated rings. The van der Waals surface area contributed by atoms with Crippen LogP contribution in [0.1, 0.15) is 42.4 Å². The Bertz CT molecular complexity index is 869. The molecule has 1 aromatic heterocycles. The Kier molecular flexibility index (Phi) is 5.69. The minimum absolute atomic E-state index is 0.292. The summed E-state index contributed by atoms with van der Waals surface area (Å²) in [4.78, 5) is 26.3. The van der Waals surface area contributed by atoms with E-state index in [9.17, 15) is 4.79 Å². The second kappa shape index (κ2) is 8.39. The maximum Gasteiger partial charge on any atom is 0.225 e. The molecule has 6 heteroatoms. The highest BCUT2D eigenvalue weighted by molar-refractivity contribution is 5.81. The van der Waals surface area contributed by atoms with Crippen molar-refractivity contribution in [1.82, 2.24) is 14.9 Å². The van der Waals surface area contributed by atoms with Gasteiger partial charge in [0.1, 0.15) is 17.4 Å². The smallest absolute Gasteiger partial charge is 0.225 e. The van der Waals surface area contributed by atoms with Crippen LogP contribution in [-0.4, -0.2) is 54.1 Å². The highest BCUT2D eigenvalue weighted by Crippen LogP contribution is 2.32. The van der Waals surface area contributed by atoms with E-state index in [2.05, 4.69) is 24.0 Å². The number of hydrogen-bond donors (Lipinski definition) is 0. The Labute approximate surface area is 172 Å². The molecule has 6 nitrogen and oxygen atoms in total. The van der Waals surface area contributed by atoms with Crippen LogP contribution in [0.5, 0.6) is 5.75 Å². The highest BCUT2D eigenvalue weighted by atomic mass is 16.5. The largest absolute Gasteiger partial charge is 0.497 e. The SMILES string of the molecule is CCc1nc(C)nc(N2CCN(C(=O)C3CC3)CC2)c1Cc1ccc(OC)cc1. The average Bonchev–Trinajstić information content (AvgIpc) is 3.60. The minimum atomic E-state index is 0.292. The van der Waals surface area contributed by atoms with Crippen molar-refractivity contribution >= 4 is 11.7 Å². The van der Waals surface area contributed by atoms with Crippen LogP contribution in [-0.2, 0) is 17.6 Å². The molecule has 4 rings (SSSR count). The number of aryl methyl sites for hydroxylation is 2. The van der Waals surface area contributed by atoms with Gasteiger partial charge in [0.25, 0.3) is 0 Å². The van der Waals surface area contributed by atoms with Crippen LogP contribution >= 0.6 is 0 Å². The molecule has 2 aliphatic rings. The predicted molar refractivity (Wildman–Crippen MR) is 113 cm³/mol. The summed E-state index contributed by atoms with van der Waals surface area (Å²) in [5.41, 5.74) is 3.53. The number of ether oxygens (including phenoxy) is 1. The third kappa shape index (κ3) is 4.36. The second-order valence-electron chi connectivity index (χ2n) is 7.98. The van der Waals surface area contributed by atoms with E-state index < -0.39 is 0 Å². The minimum Gasteiger partial charge on any atom is -0.497 e. The van der Waals surface area contributed by atoms with E-state index in [0.717, 1.165) is 74.9 Å². The Balaban J connectivity index is 1.57. The fourth-order valence-electron chi connectivity index (χ4n) is 4.05. The number of carbonyl (C=O) groups excluding carboxylic acids is 1. The van der Waals surface area contributed by atoms with Gasteiger partial charge in [-0.15, -0.1) is 0 Å². The third-order valence-electron chi connectivity index (χ3n) is 5.88. The van der Waals surface area contributed by atoms with Crippen LogP contribution in [0.25, 0.3) is 0 Å². The summed E-state index contributed by atoms with van der Waals surface area (Å²) in [5, 5.41) is 0. The van der Waals surface area contributed by atoms with Crippen molar-refractivity contribution in [1.29, 1.82) is 0 Å². The van der Waals surface area contributed by atoms with E-state index in [0.29, 0.717) is 11.8 Å². The number of anilines is 1. The molecule has 154 valence electrons. The molecular weight excluding hydrogens is 364 g/mol. The lowest BCUT2D eigenvalue weighted by atomic mass is 10.0. The van der Waals surface area contributed by atoms with Gasteiger partial charge in [-0.25, -0.2) is 9.97 Å². The van der Waals surface area contributed by atoms with Gasteiger partial charge in [-0.3, -0.25) is 4.79 Å². The molecule has 0 radical (unpaired) electrons. The van der Waals surface area contributed by atoms with Crippen LogP contribution in [0.15, 0.2) is 24.3 Å². The van der Waals surface area contributed by atoms with Gasteiger partial charge in [0.05, 0.1) is 7.11 Å². The summed E-state index contributed by atoms with van der Waals surface area (Å²) < 4.78 is 5.28. The first-order chi connectivity index (χ1) is 14.1. The number of aromatic nitrogens is 2. The lowest BCUT2D eigenvalue weighted by molar-refractivity contribution is -0.132. The van der Waals surface area contributed by atoms with Crippen LogP contribution < -0.4 is 9.64 Å². The topological polar surface area (TPSA) is 58.6 Å². The van der Waals surface area contributed by atoms with Gasteiger partial charge >= 0.3 is 0 Å². The number of methoxy groups -OCH3 is 1. The molecule has 1 saturated heterocycles. The fourth-order valence-corrected chi connectivity index (χ4v) is 4.05. The molecular formula is C23H30N4O2. The lowest BCUT2D eigenvalue weighted by Crippen LogP contribution is -2.49. The molecule has 1 aromatic carbocycles. The van der Waals surface area contributed by atoms with Crippen molar-refractivity contribution < 1.29 is 9.53 Å². The van der Waals surface area contributed by atoms with Gasteiger partial charge in [0, 0.05) is 49.8 Å². The average molecular weight is 395 g/mol. The summed E-state index contributed by atoms with van der Waals surface area (Å²) in [6.45, 7) is 7.33. The number of amides is 1. The molecule has 0 bridgehead atoms. The molecule has 0 unspecified atom stereocenters. The van der Waals surface area contributed by atoms with Crippen molar-refractivity contribution in [2.45, 2.75) is 39.5 Å². The van der Waals surface area contributed by atoms with E-state index in [1.54, 1.807) is 7.11 Å². The third-order valence-corrected chi connectivity index (χ3v) is 5.88. The highest BCUT2D eigenvalue weighted by Gasteiger charge is 2.35. The number of piperazine rings is 1. The predicted octanol–water partition coefficient (Wildman–Crippen LogP) is 3.01. The maximum absolute atomic E-state index is 12.4. The Hall–Kier alpha value is -2.63. The van der Waals surface area contributed by atoms with Gasteiger partial charge in [-0.1, -0.05) is 19.1 Å². The van der Waals surface area contributed by atoms with E-state index in [-0.39, 0.29) is 0 Å². The number of nitrogens with zero attached hydrogens (tertiary/aromatic N) is 4. The molecule has 1 aliphatic heterocycles. The van der Waals surface area contributed by atoms with Gasteiger partial charge in [-0.05, 0) is 43.9 Å². The van der Waals surface area contributed by atoms with Crippen LogP contribution in [0.2, 0.25) is 0 Å². The first-order valence-electron chi connectivity index (χ1n) is 10.6. The number of hydrogen-bond acceptors (Lipinski definition) is 5. The maximum atomic E-state index is 12.4. The normalized spacial score (nSPS) is 16.8. The summed E-state index contributed by atoms with van der Waals surface area (Å²) in [5.74, 6) is 3.34. The Morgan fingerprint density at radius 2 is 1.79 bits per heavy atom. The van der Waals surface area contributed by atoms with Gasteiger partial charge < -0.3 is 14.5 Å². The number of carbonyl (C=O) groups is 1. The molecule has 1 amide bonds. The Morgan fingerprint density at radius 1 is 1.10 bits per heavy atom. The van der Waals surface area contributed by atoms with Gasteiger partial charge in [0.15, 0.2) is 0 Å². The van der Waals surface area contributed by atoms with Gasteiger partial charge in [0.2, 0.25) is 5.91 Å². The zero-order valence-electron chi connectivity index (χ0n) is 17.6. The zero-order chi connectivity index (χ0) is 20.4. The molecule has 29 heavy (non-hydrogen) atoms. The number of benzene rings is 1. The molecule has 2 heterocycles. The lowest BCUT2D eigenvalue weighted by Gasteiger charge is -2.36. The summed E-state index contributed by atoms with van der Waals surface area (Å²) in [6.07, 6.45) is 3.80. The van der Waals surface area contributed by atoms with E-state index in [4.69, 9.17) is 14.7 Å². The van der Waals surface area contributed by atoms with Crippen molar-refractivity contribution in [3.05, 3.63) is 46.9 Å². The number of rotatable bonds is 6. The van der Waals surface area contributed by atoms with Crippen LogP contribution in [0.3, 0.4) is 0 Å². The standard InChI is InChI=1S/C23H30N4O2/c1-4-21-20(15-17-5-9-19(29-3)10-6-17)22(25-16(2)24-21)26-11-13-27(14-12-26)23(28)18-7-8-18/h5-6,9-10,18H,4,7-8,11-15H2,1-3H3. The summed E-state index contributed by atoms with van der Waals surface area (Å²) in [6, 6.07) is 8.21. The zero-order valence-corrected chi connectivity index (χ0v) is 17.6. The molecule has 0 spiro atoms. The van der Waals surface area contributed by atoms with Crippen LogP contribution in [0, 0.1) is 12.8 Å². The second-order valence-corrected chi connectivity index (χ2v) is 7.98. The van der Waals surface area contributed by atoms with Gasteiger partial charge in [-0.2, -0.15) is 0 Å². The monoisotopic (exact) mass is 394 g/mol. The first kappa shape index (κ1) is 19.7. The van der Waals surface area contributed by atoms with E-state index >= 15 is 0 Å². The van der Waals surface area contributed by atoms with E-state index in [1.807, 2.05) is 24.0 Å². The fraction of sp³-hybridized carbons (Fsp3) is 0.522. The molecule has 0 N–H and O–H groups in total. The quantitative estimate of drug-likeness (QED) is 0.754. The molecule has 2 aromatic rings. The summed E-state index contributed by atoms with van der Waals surface area (Å²) >= 11 is 0.